The van der Waals surface area contributed by atoms with Gasteiger partial charge in [-0.2, -0.15) is 0 Å². The number of hydrogen-bond donors (Lipinski definition) is 0. The Morgan fingerprint density at radius 1 is 1.00 bits per heavy atom. The van der Waals surface area contributed by atoms with Gasteiger partial charge in [0.1, 0.15) is 0 Å². The number of methoxy groups -OCH3 is 2. The molecule has 3 rings (SSSR count). The summed E-state index contributed by atoms with van der Waals surface area (Å²) in [6.07, 6.45) is 9.04. The Hall–Kier alpha value is -1.68. The highest BCUT2D eigenvalue weighted by molar-refractivity contribution is 5.45. The summed E-state index contributed by atoms with van der Waals surface area (Å²) in [7, 11) is 5.56. The molecule has 0 radical (unpaired) electrons. The zero-order valence-corrected chi connectivity index (χ0v) is 14.7. The van der Waals surface area contributed by atoms with Gasteiger partial charge in [0.2, 0.25) is 0 Å². The number of hydrazine groups is 1. The predicted molar refractivity (Wildman–Crippen MR) is 92.5 cm³/mol. The Morgan fingerprint density at radius 2 is 1.70 bits per heavy atom. The standard InChI is InChI=1S/C19H28N2O2/c1-14-12-17(15-10-11-18(22-3)19(13-15)23-4)20(2)21(14)16-8-6-5-7-9-16/h10-13,16-17H,5-9H2,1-4H3. The maximum atomic E-state index is 5.46. The molecule has 1 aromatic carbocycles. The molecule has 0 spiro atoms. The van der Waals surface area contributed by atoms with Crippen LogP contribution < -0.4 is 9.47 Å². The number of benzene rings is 1. The first-order valence-corrected chi connectivity index (χ1v) is 8.58. The van der Waals surface area contributed by atoms with E-state index in [1.165, 1.54) is 43.4 Å². The number of allylic oxidation sites excluding steroid dienone is 1. The fraction of sp³-hybridized carbons (Fsp3) is 0.579. The van der Waals surface area contributed by atoms with E-state index >= 15 is 0 Å². The van der Waals surface area contributed by atoms with Gasteiger partial charge in [0.25, 0.3) is 0 Å². The van der Waals surface area contributed by atoms with Crippen molar-refractivity contribution < 1.29 is 9.47 Å². The Morgan fingerprint density at radius 3 is 2.35 bits per heavy atom. The van der Waals surface area contributed by atoms with Crippen molar-refractivity contribution in [1.82, 2.24) is 10.0 Å². The number of ether oxygens (including phenoxy) is 2. The molecule has 1 aliphatic heterocycles. The average molecular weight is 316 g/mol. The number of hydrogen-bond acceptors (Lipinski definition) is 4. The largest absolute Gasteiger partial charge is 0.493 e. The van der Waals surface area contributed by atoms with E-state index in [0.29, 0.717) is 6.04 Å². The third kappa shape index (κ3) is 3.05. The van der Waals surface area contributed by atoms with Crippen molar-refractivity contribution in [2.24, 2.45) is 0 Å². The maximum absolute atomic E-state index is 5.46. The Kier molecular flexibility index (Phi) is 4.81. The fourth-order valence-corrected chi connectivity index (χ4v) is 4.02. The monoisotopic (exact) mass is 316 g/mol. The molecular formula is C19H28N2O2. The van der Waals surface area contributed by atoms with Crippen LogP contribution in [0.25, 0.3) is 0 Å². The molecule has 1 unspecified atom stereocenters. The van der Waals surface area contributed by atoms with Crippen LogP contribution in [0.15, 0.2) is 30.0 Å². The molecule has 0 saturated heterocycles. The maximum Gasteiger partial charge on any atom is 0.161 e. The summed E-state index contributed by atoms with van der Waals surface area (Å²) in [6.45, 7) is 2.23. The first-order valence-electron chi connectivity index (χ1n) is 8.58. The molecule has 2 aliphatic rings. The zero-order valence-electron chi connectivity index (χ0n) is 14.7. The summed E-state index contributed by atoms with van der Waals surface area (Å²) in [5.41, 5.74) is 2.60. The molecule has 0 aromatic heterocycles. The molecule has 0 N–H and O–H groups in total. The first-order chi connectivity index (χ1) is 11.2. The van der Waals surface area contributed by atoms with Crippen LogP contribution in [0.5, 0.6) is 11.5 Å². The molecule has 1 aromatic rings. The molecule has 0 bridgehead atoms. The molecule has 1 aliphatic carbocycles. The SMILES string of the molecule is COc1ccc(C2C=C(C)N(C3CCCCC3)N2C)cc1OC. The van der Waals surface area contributed by atoms with E-state index in [1.54, 1.807) is 14.2 Å². The third-order valence-electron chi connectivity index (χ3n) is 5.17. The lowest BCUT2D eigenvalue weighted by atomic mass is 9.95. The van der Waals surface area contributed by atoms with Crippen LogP contribution in [0.3, 0.4) is 0 Å². The van der Waals surface area contributed by atoms with E-state index in [2.05, 4.69) is 42.2 Å². The van der Waals surface area contributed by atoms with Crippen molar-refractivity contribution in [1.29, 1.82) is 0 Å². The van der Waals surface area contributed by atoms with Gasteiger partial charge in [0, 0.05) is 18.8 Å². The van der Waals surface area contributed by atoms with E-state index < -0.39 is 0 Å². The minimum absolute atomic E-state index is 0.261. The van der Waals surface area contributed by atoms with Crippen LogP contribution in [0, 0.1) is 0 Å². The normalized spacial score (nSPS) is 23.0. The highest BCUT2D eigenvalue weighted by Crippen LogP contribution is 2.39. The molecule has 1 heterocycles. The number of rotatable bonds is 4. The topological polar surface area (TPSA) is 24.9 Å². The van der Waals surface area contributed by atoms with Gasteiger partial charge in [-0.3, -0.25) is 0 Å². The fourth-order valence-electron chi connectivity index (χ4n) is 4.02. The van der Waals surface area contributed by atoms with E-state index in [0.717, 1.165) is 11.5 Å². The summed E-state index contributed by atoms with van der Waals surface area (Å²) in [4.78, 5) is 0. The Labute approximate surface area is 139 Å². The molecule has 4 heteroatoms. The van der Waals surface area contributed by atoms with Gasteiger partial charge in [0.05, 0.1) is 20.3 Å². The van der Waals surface area contributed by atoms with E-state index in [-0.39, 0.29) is 6.04 Å². The van der Waals surface area contributed by atoms with Crippen molar-refractivity contribution in [2.45, 2.75) is 51.1 Å². The van der Waals surface area contributed by atoms with Crippen LogP contribution in [0.4, 0.5) is 0 Å². The molecule has 0 amide bonds. The summed E-state index contributed by atoms with van der Waals surface area (Å²) in [6, 6.07) is 7.13. The van der Waals surface area contributed by atoms with Crippen LogP contribution in [-0.2, 0) is 0 Å². The molecule has 126 valence electrons. The molecule has 23 heavy (non-hydrogen) atoms. The quantitative estimate of drug-likeness (QED) is 0.833. The molecule has 1 atom stereocenters. The third-order valence-corrected chi connectivity index (χ3v) is 5.17. The van der Waals surface area contributed by atoms with Crippen molar-refractivity contribution >= 4 is 0 Å². The highest BCUT2D eigenvalue weighted by Gasteiger charge is 2.33. The molecule has 1 saturated carbocycles. The van der Waals surface area contributed by atoms with Crippen molar-refractivity contribution in [2.75, 3.05) is 21.3 Å². The first kappa shape index (κ1) is 16.2. The van der Waals surface area contributed by atoms with Gasteiger partial charge in [-0.25, -0.2) is 5.01 Å². The lowest BCUT2D eigenvalue weighted by Crippen LogP contribution is -2.43. The lowest BCUT2D eigenvalue weighted by Gasteiger charge is -2.40. The molecule has 4 nitrogen and oxygen atoms in total. The lowest BCUT2D eigenvalue weighted by molar-refractivity contribution is -0.0178. The minimum atomic E-state index is 0.261. The average Bonchev–Trinajstić information content (AvgIpc) is 2.89. The van der Waals surface area contributed by atoms with Gasteiger partial charge < -0.3 is 14.5 Å². The number of nitrogens with zero attached hydrogens (tertiary/aromatic N) is 2. The Balaban J connectivity index is 1.84. The van der Waals surface area contributed by atoms with Crippen LogP contribution in [-0.4, -0.2) is 37.3 Å². The van der Waals surface area contributed by atoms with Crippen LogP contribution in [0.2, 0.25) is 0 Å². The van der Waals surface area contributed by atoms with E-state index in [1.807, 2.05) is 6.07 Å². The van der Waals surface area contributed by atoms with Crippen LogP contribution in [0.1, 0.15) is 50.6 Å². The van der Waals surface area contributed by atoms with Crippen LogP contribution >= 0.6 is 0 Å². The molecule has 1 fully saturated rings. The summed E-state index contributed by atoms with van der Waals surface area (Å²) >= 11 is 0. The predicted octanol–water partition coefficient (Wildman–Crippen LogP) is 4.14. The van der Waals surface area contributed by atoms with Crippen molar-refractivity contribution in [3.8, 4) is 11.5 Å². The van der Waals surface area contributed by atoms with Gasteiger partial charge in [0.15, 0.2) is 11.5 Å². The number of likely N-dealkylation sites (N-methyl/N-ethyl adjacent to an activating group) is 1. The van der Waals surface area contributed by atoms with Crippen molar-refractivity contribution in [3.05, 3.63) is 35.5 Å². The van der Waals surface area contributed by atoms with E-state index in [4.69, 9.17) is 9.47 Å². The molecular weight excluding hydrogens is 288 g/mol. The zero-order chi connectivity index (χ0) is 16.4. The summed E-state index contributed by atoms with van der Waals surface area (Å²) in [5.74, 6) is 1.57. The summed E-state index contributed by atoms with van der Waals surface area (Å²) < 4.78 is 10.8. The van der Waals surface area contributed by atoms with Gasteiger partial charge in [-0.05, 0) is 43.5 Å². The van der Waals surface area contributed by atoms with Gasteiger partial charge >= 0.3 is 0 Å². The van der Waals surface area contributed by atoms with Gasteiger partial charge in [-0.1, -0.05) is 25.3 Å². The summed E-state index contributed by atoms with van der Waals surface area (Å²) in [5, 5.41) is 4.88. The Bertz CT molecular complexity index is 579. The second-order valence-corrected chi connectivity index (χ2v) is 6.58. The minimum Gasteiger partial charge on any atom is -0.493 e. The van der Waals surface area contributed by atoms with E-state index in [9.17, 15) is 0 Å². The highest BCUT2D eigenvalue weighted by atomic mass is 16.5. The van der Waals surface area contributed by atoms with Gasteiger partial charge in [-0.15, -0.1) is 0 Å². The smallest absolute Gasteiger partial charge is 0.161 e. The second-order valence-electron chi connectivity index (χ2n) is 6.58. The van der Waals surface area contributed by atoms with Crippen molar-refractivity contribution in [3.63, 3.8) is 0 Å². The second kappa shape index (κ2) is 6.83.